The van der Waals surface area contributed by atoms with Gasteiger partial charge in [0.2, 0.25) is 5.91 Å². The number of ether oxygens (including phenoxy) is 1. The van der Waals surface area contributed by atoms with Gasteiger partial charge in [-0.05, 0) is 19.9 Å². The first-order valence-corrected chi connectivity index (χ1v) is 9.14. The van der Waals surface area contributed by atoms with Crippen molar-refractivity contribution in [3.05, 3.63) is 17.5 Å². The van der Waals surface area contributed by atoms with E-state index in [1.54, 1.807) is 13.0 Å². The van der Waals surface area contributed by atoms with E-state index < -0.39 is 11.4 Å². The van der Waals surface area contributed by atoms with Crippen molar-refractivity contribution >= 4 is 28.3 Å². The van der Waals surface area contributed by atoms with Crippen LogP contribution < -0.4 is 5.32 Å². The van der Waals surface area contributed by atoms with Crippen LogP contribution >= 0.6 is 11.3 Å². The maximum absolute atomic E-state index is 12.1. The highest BCUT2D eigenvalue weighted by molar-refractivity contribution is 7.19. The number of esters is 1. The molecule has 0 aliphatic heterocycles. The van der Waals surface area contributed by atoms with Crippen LogP contribution in [0.3, 0.4) is 0 Å². The number of carbonyl (C=O) groups is 2. The molecule has 2 rings (SSSR count). The number of aromatic nitrogens is 3. The highest BCUT2D eigenvalue weighted by Crippen LogP contribution is 2.33. The van der Waals surface area contributed by atoms with Gasteiger partial charge >= 0.3 is 5.97 Å². The van der Waals surface area contributed by atoms with Crippen LogP contribution in [0.1, 0.15) is 43.9 Å². The molecule has 0 aliphatic rings. The summed E-state index contributed by atoms with van der Waals surface area (Å²) in [5, 5.41) is 16.9. The molecule has 0 radical (unpaired) electrons. The summed E-state index contributed by atoms with van der Waals surface area (Å²) >= 11 is 1.29. The number of hydrogen-bond acceptors (Lipinski definition) is 7. The summed E-state index contributed by atoms with van der Waals surface area (Å²) in [6.07, 6.45) is 0. The molecule has 2 aromatic heterocycles. The van der Waals surface area contributed by atoms with Crippen molar-refractivity contribution in [3.63, 3.8) is 0 Å². The summed E-state index contributed by atoms with van der Waals surface area (Å²) in [5.74, 6) is -0.626. The Balaban J connectivity index is 2.35. The maximum Gasteiger partial charge on any atom is 0.356 e. The first kappa shape index (κ1) is 20.1. The molecule has 0 atom stereocenters. The van der Waals surface area contributed by atoms with Crippen molar-refractivity contribution in [1.82, 2.24) is 14.8 Å². The predicted octanol–water partition coefficient (Wildman–Crippen LogP) is 2.47. The second-order valence-corrected chi connectivity index (χ2v) is 7.72. The van der Waals surface area contributed by atoms with Gasteiger partial charge in [-0.15, -0.1) is 0 Å². The molecular weight excluding hydrogens is 356 g/mol. The zero-order valence-electron chi connectivity index (χ0n) is 15.6. The lowest BCUT2D eigenvalue weighted by atomic mass is 9.96. The molecule has 0 unspecified atom stereocenters. The van der Waals surface area contributed by atoms with Crippen molar-refractivity contribution in [2.24, 2.45) is 5.41 Å². The third-order valence-corrected chi connectivity index (χ3v) is 4.60. The van der Waals surface area contributed by atoms with Crippen molar-refractivity contribution < 1.29 is 19.4 Å². The number of anilines is 1. The molecule has 2 heterocycles. The summed E-state index contributed by atoms with van der Waals surface area (Å²) in [6, 6.07) is 1.61. The molecule has 0 fully saturated rings. The van der Waals surface area contributed by atoms with Gasteiger partial charge in [-0.1, -0.05) is 32.1 Å². The Bertz CT molecular complexity index is 804. The fourth-order valence-electron chi connectivity index (χ4n) is 2.13. The normalized spacial score (nSPS) is 11.5. The Kier molecular flexibility index (Phi) is 6.14. The second kappa shape index (κ2) is 7.96. The number of thiazole rings is 1. The summed E-state index contributed by atoms with van der Waals surface area (Å²) < 4.78 is 6.46. The van der Waals surface area contributed by atoms with Crippen molar-refractivity contribution in [1.29, 1.82) is 0 Å². The predicted molar refractivity (Wildman–Crippen MR) is 99.2 cm³/mol. The van der Waals surface area contributed by atoms with Crippen LogP contribution in [-0.2, 0) is 16.1 Å². The number of rotatable bonds is 6. The van der Waals surface area contributed by atoms with E-state index in [1.807, 2.05) is 27.7 Å². The molecule has 9 heteroatoms. The minimum atomic E-state index is -0.528. The lowest BCUT2D eigenvalue weighted by molar-refractivity contribution is -0.123. The fourth-order valence-corrected chi connectivity index (χ4v) is 3.05. The summed E-state index contributed by atoms with van der Waals surface area (Å²) in [5.41, 5.74) is 0.986. The van der Waals surface area contributed by atoms with Crippen molar-refractivity contribution in [2.45, 2.75) is 41.2 Å². The fraction of sp³-hybridized carbons (Fsp3) is 0.529. The van der Waals surface area contributed by atoms with Gasteiger partial charge in [0.1, 0.15) is 11.4 Å². The standard InChI is InChI=1S/C17H24N4O4S/c1-6-25-14(23)12-9-11(20-21(12)7-8-22)13-10(2)18-16(26-13)19-15(24)17(3,4)5/h9,22H,6-8H2,1-5H3,(H,18,19,24). The molecular formula is C17H24N4O4S. The lowest BCUT2D eigenvalue weighted by Gasteiger charge is -2.15. The molecule has 142 valence electrons. The van der Waals surface area contributed by atoms with E-state index in [0.29, 0.717) is 16.5 Å². The largest absolute Gasteiger partial charge is 0.461 e. The van der Waals surface area contributed by atoms with Gasteiger partial charge in [0.05, 0.1) is 30.3 Å². The van der Waals surface area contributed by atoms with E-state index in [-0.39, 0.29) is 31.4 Å². The third kappa shape index (κ3) is 4.47. The maximum atomic E-state index is 12.1. The van der Waals surface area contributed by atoms with Gasteiger partial charge in [-0.3, -0.25) is 9.48 Å². The SMILES string of the molecule is CCOC(=O)c1cc(-c2sc(NC(=O)C(C)(C)C)nc2C)nn1CCO. The quantitative estimate of drug-likeness (QED) is 0.746. The number of hydrogen-bond donors (Lipinski definition) is 2. The molecule has 2 N–H and O–H groups in total. The van der Waals surface area contributed by atoms with E-state index in [0.717, 1.165) is 4.88 Å². The molecule has 0 saturated carbocycles. The van der Waals surface area contributed by atoms with E-state index in [2.05, 4.69) is 15.4 Å². The monoisotopic (exact) mass is 380 g/mol. The summed E-state index contributed by atoms with van der Waals surface area (Å²) in [7, 11) is 0. The number of amides is 1. The molecule has 8 nitrogen and oxygen atoms in total. The highest BCUT2D eigenvalue weighted by Gasteiger charge is 2.24. The van der Waals surface area contributed by atoms with Crippen LogP contribution in [0.5, 0.6) is 0 Å². The smallest absolute Gasteiger partial charge is 0.356 e. The number of aliphatic hydroxyl groups is 1. The minimum Gasteiger partial charge on any atom is -0.461 e. The zero-order valence-corrected chi connectivity index (χ0v) is 16.4. The molecule has 0 spiro atoms. The first-order valence-electron chi connectivity index (χ1n) is 8.32. The van der Waals surface area contributed by atoms with Crippen molar-refractivity contribution in [3.8, 4) is 10.6 Å². The molecule has 26 heavy (non-hydrogen) atoms. The average molecular weight is 380 g/mol. The van der Waals surface area contributed by atoms with Gasteiger partial charge in [-0.2, -0.15) is 5.10 Å². The minimum absolute atomic E-state index is 0.129. The lowest BCUT2D eigenvalue weighted by Crippen LogP contribution is -2.27. The van der Waals surface area contributed by atoms with Crippen LogP contribution in [0.25, 0.3) is 10.6 Å². The summed E-state index contributed by atoms with van der Waals surface area (Å²) in [6.45, 7) is 9.29. The molecule has 0 bridgehead atoms. The Morgan fingerprint density at radius 2 is 2.08 bits per heavy atom. The topological polar surface area (TPSA) is 106 Å². The van der Waals surface area contributed by atoms with Gasteiger partial charge in [0.25, 0.3) is 0 Å². The first-order chi connectivity index (χ1) is 12.2. The van der Waals surface area contributed by atoms with Crippen LogP contribution in [-0.4, -0.2) is 45.0 Å². The Labute approximate surface area is 156 Å². The van der Waals surface area contributed by atoms with Crippen molar-refractivity contribution in [2.75, 3.05) is 18.5 Å². The Morgan fingerprint density at radius 3 is 2.65 bits per heavy atom. The van der Waals surface area contributed by atoms with Gasteiger partial charge < -0.3 is 15.2 Å². The molecule has 0 aliphatic carbocycles. The number of nitrogens with one attached hydrogen (secondary N) is 1. The number of nitrogens with zero attached hydrogens (tertiary/aromatic N) is 3. The zero-order chi connectivity index (χ0) is 19.5. The van der Waals surface area contributed by atoms with Gasteiger partial charge in [0.15, 0.2) is 5.13 Å². The summed E-state index contributed by atoms with van der Waals surface area (Å²) in [4.78, 5) is 29.4. The van der Waals surface area contributed by atoms with Crippen LogP contribution in [0.15, 0.2) is 6.07 Å². The molecule has 0 aromatic carbocycles. The Hall–Kier alpha value is -2.26. The number of aryl methyl sites for hydroxylation is 1. The third-order valence-electron chi connectivity index (χ3n) is 3.51. The molecule has 2 aromatic rings. The number of carbonyl (C=O) groups excluding carboxylic acids is 2. The van der Waals surface area contributed by atoms with E-state index in [4.69, 9.17) is 4.74 Å². The van der Waals surface area contributed by atoms with Crippen LogP contribution in [0.2, 0.25) is 0 Å². The van der Waals surface area contributed by atoms with E-state index in [1.165, 1.54) is 16.0 Å². The van der Waals surface area contributed by atoms with E-state index >= 15 is 0 Å². The van der Waals surface area contributed by atoms with Crippen LogP contribution in [0, 0.1) is 12.3 Å². The molecule has 0 saturated heterocycles. The second-order valence-electron chi connectivity index (χ2n) is 6.72. The average Bonchev–Trinajstić information content (AvgIpc) is 3.10. The molecule has 1 amide bonds. The van der Waals surface area contributed by atoms with Gasteiger partial charge in [-0.25, -0.2) is 9.78 Å². The van der Waals surface area contributed by atoms with E-state index in [9.17, 15) is 14.7 Å². The van der Waals surface area contributed by atoms with Crippen LogP contribution in [0.4, 0.5) is 5.13 Å². The Morgan fingerprint density at radius 1 is 1.38 bits per heavy atom. The number of aliphatic hydroxyl groups excluding tert-OH is 1. The van der Waals surface area contributed by atoms with Gasteiger partial charge in [0, 0.05) is 5.41 Å². The highest BCUT2D eigenvalue weighted by atomic mass is 32.1.